The molecule has 146 valence electrons. The molecule has 3 rings (SSSR count). The summed E-state index contributed by atoms with van der Waals surface area (Å²) in [6.45, 7) is 2.92. The van der Waals surface area contributed by atoms with Gasteiger partial charge in [-0.3, -0.25) is 4.79 Å². The minimum absolute atomic E-state index is 0.0704. The smallest absolute Gasteiger partial charge is 0.226 e. The zero-order chi connectivity index (χ0) is 19.9. The number of ether oxygens (including phenoxy) is 2. The minimum Gasteiger partial charge on any atom is -0.493 e. The predicted octanol–water partition coefficient (Wildman–Crippen LogP) is 4.84. The van der Waals surface area contributed by atoms with Gasteiger partial charge in [-0.15, -0.1) is 11.3 Å². The maximum atomic E-state index is 12.3. The highest BCUT2D eigenvalue weighted by atomic mass is 79.9. The molecule has 0 fully saturated rings. The quantitative estimate of drug-likeness (QED) is 0.522. The molecule has 3 aromatic rings. The van der Waals surface area contributed by atoms with Crippen LogP contribution in [0, 0.1) is 0 Å². The van der Waals surface area contributed by atoms with Crippen molar-refractivity contribution >= 4 is 33.2 Å². The molecule has 1 N–H and O–H groups in total. The summed E-state index contributed by atoms with van der Waals surface area (Å²) in [5.74, 6) is 1.29. The van der Waals surface area contributed by atoms with Gasteiger partial charge in [-0.25, -0.2) is 4.98 Å². The van der Waals surface area contributed by atoms with E-state index >= 15 is 0 Å². The van der Waals surface area contributed by atoms with Gasteiger partial charge in [-0.1, -0.05) is 34.1 Å². The number of hydrogen-bond acceptors (Lipinski definition) is 5. The number of hydrogen-bond donors (Lipinski definition) is 1. The largest absolute Gasteiger partial charge is 0.493 e. The third-order valence-corrected chi connectivity index (χ3v) is 5.42. The number of carbonyl (C=O) groups is 1. The average Bonchev–Trinajstić information content (AvgIpc) is 3.16. The standard InChI is InChI=1S/C21H21BrN2O3S/c1-3-27-18-8-7-14(9-19(18)26-2)12-23-20(25)11-17-13-28-21(24-17)15-5-4-6-16(22)10-15/h4-10,13H,3,11-12H2,1-2H3,(H,23,25). The van der Waals surface area contributed by atoms with Gasteiger partial charge in [0, 0.05) is 22.0 Å². The fraction of sp³-hybridized carbons (Fsp3) is 0.238. The summed E-state index contributed by atoms with van der Waals surface area (Å²) in [5.41, 5.74) is 2.75. The van der Waals surface area contributed by atoms with Crippen LogP contribution in [0.4, 0.5) is 0 Å². The second kappa shape index (κ2) is 9.71. The van der Waals surface area contributed by atoms with Crippen LogP contribution in [0.1, 0.15) is 18.2 Å². The van der Waals surface area contributed by atoms with E-state index in [2.05, 4.69) is 26.2 Å². The summed E-state index contributed by atoms with van der Waals surface area (Å²) in [5, 5.41) is 5.76. The van der Waals surface area contributed by atoms with Crippen molar-refractivity contribution in [3.63, 3.8) is 0 Å². The van der Waals surface area contributed by atoms with Crippen molar-refractivity contribution in [2.45, 2.75) is 19.9 Å². The molecule has 1 heterocycles. The molecular formula is C21H21BrN2O3S. The Balaban J connectivity index is 1.58. The van der Waals surface area contributed by atoms with Gasteiger partial charge in [-0.2, -0.15) is 0 Å². The molecule has 0 spiro atoms. The van der Waals surface area contributed by atoms with Crippen LogP contribution in [0.3, 0.4) is 0 Å². The molecule has 5 nitrogen and oxygen atoms in total. The molecule has 28 heavy (non-hydrogen) atoms. The minimum atomic E-state index is -0.0704. The summed E-state index contributed by atoms with van der Waals surface area (Å²) < 4.78 is 11.9. The Bertz CT molecular complexity index is 958. The Morgan fingerprint density at radius 3 is 2.82 bits per heavy atom. The van der Waals surface area contributed by atoms with Crippen LogP contribution in [0.25, 0.3) is 10.6 Å². The summed E-state index contributed by atoms with van der Waals surface area (Å²) in [6.07, 6.45) is 0.249. The molecule has 1 amide bonds. The van der Waals surface area contributed by atoms with E-state index in [0.717, 1.165) is 26.3 Å². The summed E-state index contributed by atoms with van der Waals surface area (Å²) in [7, 11) is 1.60. The Hall–Kier alpha value is -2.38. The number of halogens is 1. The first-order valence-electron chi connectivity index (χ1n) is 8.85. The first kappa shape index (κ1) is 20.4. The van der Waals surface area contributed by atoms with Crippen molar-refractivity contribution in [1.82, 2.24) is 10.3 Å². The van der Waals surface area contributed by atoms with Crippen molar-refractivity contribution < 1.29 is 14.3 Å². The summed E-state index contributed by atoms with van der Waals surface area (Å²) in [4.78, 5) is 16.9. The van der Waals surface area contributed by atoms with Crippen LogP contribution in [0.2, 0.25) is 0 Å². The van der Waals surface area contributed by atoms with Crippen molar-refractivity contribution in [3.05, 3.63) is 63.6 Å². The maximum absolute atomic E-state index is 12.3. The highest BCUT2D eigenvalue weighted by Gasteiger charge is 2.10. The lowest BCUT2D eigenvalue weighted by molar-refractivity contribution is -0.120. The summed E-state index contributed by atoms with van der Waals surface area (Å²) >= 11 is 5.01. The molecule has 0 saturated carbocycles. The third kappa shape index (κ3) is 5.33. The molecule has 0 aliphatic carbocycles. The Kier molecular flexibility index (Phi) is 7.06. The first-order valence-corrected chi connectivity index (χ1v) is 10.5. The fourth-order valence-corrected chi connectivity index (χ4v) is 3.88. The monoisotopic (exact) mass is 460 g/mol. The van der Waals surface area contributed by atoms with Gasteiger partial charge in [0.05, 0.1) is 25.8 Å². The van der Waals surface area contributed by atoms with Crippen molar-refractivity contribution in [3.8, 4) is 22.1 Å². The highest BCUT2D eigenvalue weighted by Crippen LogP contribution is 2.28. The van der Waals surface area contributed by atoms with Crippen molar-refractivity contribution in [2.24, 2.45) is 0 Å². The third-order valence-electron chi connectivity index (χ3n) is 3.98. The lowest BCUT2D eigenvalue weighted by Crippen LogP contribution is -2.24. The predicted molar refractivity (Wildman–Crippen MR) is 115 cm³/mol. The van der Waals surface area contributed by atoms with E-state index in [0.29, 0.717) is 24.7 Å². The van der Waals surface area contributed by atoms with Crippen molar-refractivity contribution in [1.29, 1.82) is 0 Å². The number of rotatable bonds is 8. The van der Waals surface area contributed by atoms with Crippen LogP contribution in [-0.2, 0) is 17.8 Å². The van der Waals surface area contributed by atoms with Crippen LogP contribution >= 0.6 is 27.3 Å². The highest BCUT2D eigenvalue weighted by molar-refractivity contribution is 9.10. The van der Waals surface area contributed by atoms with E-state index < -0.39 is 0 Å². The van der Waals surface area contributed by atoms with Gasteiger partial charge >= 0.3 is 0 Å². The number of nitrogens with zero attached hydrogens (tertiary/aromatic N) is 1. The maximum Gasteiger partial charge on any atom is 0.226 e. The topological polar surface area (TPSA) is 60.5 Å². The number of nitrogens with one attached hydrogen (secondary N) is 1. The zero-order valence-electron chi connectivity index (χ0n) is 15.7. The first-order chi connectivity index (χ1) is 13.6. The number of thiazole rings is 1. The second-order valence-corrected chi connectivity index (χ2v) is 7.80. The van der Waals surface area contributed by atoms with Crippen molar-refractivity contribution in [2.75, 3.05) is 13.7 Å². The van der Waals surface area contributed by atoms with E-state index in [4.69, 9.17) is 9.47 Å². The molecule has 2 aromatic carbocycles. The normalized spacial score (nSPS) is 10.5. The molecule has 0 aliphatic heterocycles. The number of methoxy groups -OCH3 is 1. The molecule has 0 unspecified atom stereocenters. The van der Waals surface area contributed by atoms with Crippen LogP contribution < -0.4 is 14.8 Å². The van der Waals surface area contributed by atoms with E-state index in [1.165, 1.54) is 11.3 Å². The zero-order valence-corrected chi connectivity index (χ0v) is 18.1. The van der Waals surface area contributed by atoms with Gasteiger partial charge in [-0.05, 0) is 36.8 Å². The van der Waals surface area contributed by atoms with Crippen LogP contribution in [-0.4, -0.2) is 24.6 Å². The Morgan fingerprint density at radius 2 is 2.07 bits per heavy atom. The molecule has 0 saturated heterocycles. The molecule has 0 bridgehead atoms. The Morgan fingerprint density at radius 1 is 1.21 bits per heavy atom. The summed E-state index contributed by atoms with van der Waals surface area (Å²) in [6, 6.07) is 13.6. The van der Waals surface area contributed by atoms with E-state index in [1.54, 1.807) is 7.11 Å². The van der Waals surface area contributed by atoms with E-state index in [1.807, 2.05) is 54.8 Å². The molecule has 0 aliphatic rings. The van der Waals surface area contributed by atoms with Gasteiger partial charge < -0.3 is 14.8 Å². The van der Waals surface area contributed by atoms with Crippen LogP contribution in [0.5, 0.6) is 11.5 Å². The lowest BCUT2D eigenvalue weighted by atomic mass is 10.2. The number of aromatic nitrogens is 1. The second-order valence-electron chi connectivity index (χ2n) is 6.03. The van der Waals surface area contributed by atoms with Gasteiger partial charge in [0.2, 0.25) is 5.91 Å². The van der Waals surface area contributed by atoms with Crippen LogP contribution in [0.15, 0.2) is 52.3 Å². The molecule has 0 atom stereocenters. The molecule has 1 aromatic heterocycles. The average molecular weight is 461 g/mol. The van der Waals surface area contributed by atoms with E-state index in [9.17, 15) is 4.79 Å². The van der Waals surface area contributed by atoms with Gasteiger partial charge in [0.15, 0.2) is 11.5 Å². The van der Waals surface area contributed by atoms with Gasteiger partial charge in [0.25, 0.3) is 0 Å². The fourth-order valence-electron chi connectivity index (χ4n) is 2.67. The SMILES string of the molecule is CCOc1ccc(CNC(=O)Cc2csc(-c3cccc(Br)c3)n2)cc1OC. The molecular weight excluding hydrogens is 440 g/mol. The molecule has 0 radical (unpaired) electrons. The van der Waals surface area contributed by atoms with Gasteiger partial charge in [0.1, 0.15) is 5.01 Å². The number of amides is 1. The number of carbonyl (C=O) groups excluding carboxylic acids is 1. The van der Waals surface area contributed by atoms with E-state index in [-0.39, 0.29) is 12.3 Å². The lowest BCUT2D eigenvalue weighted by Gasteiger charge is -2.11. The Labute approximate surface area is 176 Å². The number of benzene rings is 2. The molecule has 7 heteroatoms.